The molecule has 0 bridgehead atoms. The highest BCUT2D eigenvalue weighted by atomic mass is 14.6. The van der Waals surface area contributed by atoms with Crippen molar-refractivity contribution >= 4 is 0 Å². The zero-order chi connectivity index (χ0) is 9.94. The third kappa shape index (κ3) is 12.0. The molecular weight excluding hydrogens is 158 g/mol. The van der Waals surface area contributed by atoms with Crippen LogP contribution in [0.25, 0.3) is 0 Å². The first kappa shape index (κ1) is 13.0. The average Bonchev–Trinajstić information content (AvgIpc) is 2.09. The zero-order valence-electron chi connectivity index (χ0n) is 9.52. The fraction of sp³-hybridized carbons (Fsp3) is 1.00. The van der Waals surface area contributed by atoms with Gasteiger partial charge >= 0.3 is 0 Å². The molecule has 13 heavy (non-hydrogen) atoms. The molecule has 0 unspecified atom stereocenters. The maximum Gasteiger partial charge on any atom is 0.00104 e. The van der Waals surface area contributed by atoms with Gasteiger partial charge in [-0.25, -0.2) is 0 Å². The summed E-state index contributed by atoms with van der Waals surface area (Å²) in [4.78, 5) is 0. The molecule has 0 heterocycles. The van der Waals surface area contributed by atoms with E-state index in [-0.39, 0.29) is 0 Å². The standard InChI is InChI=1S/C12H27N/c1-3-4-5-6-7-8-9-10-11-12(2)13/h12H,3-11,13H2,1-2H3/t12-/m0/s1. The fourth-order valence-electron chi connectivity index (χ4n) is 1.60. The largest absolute Gasteiger partial charge is 0.328 e. The molecule has 0 spiro atoms. The van der Waals surface area contributed by atoms with Crippen molar-refractivity contribution in [2.24, 2.45) is 5.73 Å². The first-order chi connectivity index (χ1) is 6.27. The van der Waals surface area contributed by atoms with E-state index >= 15 is 0 Å². The zero-order valence-corrected chi connectivity index (χ0v) is 9.52. The third-order valence-corrected chi connectivity index (χ3v) is 2.51. The molecule has 0 radical (unpaired) electrons. The van der Waals surface area contributed by atoms with E-state index in [1.807, 2.05) is 0 Å². The number of unbranched alkanes of at least 4 members (excludes halogenated alkanes) is 7. The van der Waals surface area contributed by atoms with Gasteiger partial charge in [0, 0.05) is 6.04 Å². The normalized spacial score (nSPS) is 13.2. The van der Waals surface area contributed by atoms with Crippen LogP contribution in [0, 0.1) is 0 Å². The summed E-state index contributed by atoms with van der Waals surface area (Å²) < 4.78 is 0. The lowest BCUT2D eigenvalue weighted by Crippen LogP contribution is -2.13. The van der Waals surface area contributed by atoms with Gasteiger partial charge in [-0.2, -0.15) is 0 Å². The molecule has 1 nitrogen and oxygen atoms in total. The molecule has 1 heteroatoms. The van der Waals surface area contributed by atoms with Gasteiger partial charge in [0.25, 0.3) is 0 Å². The predicted octanol–water partition coefficient (Wildman–Crippen LogP) is 3.86. The van der Waals surface area contributed by atoms with E-state index < -0.39 is 0 Å². The van der Waals surface area contributed by atoms with E-state index in [0.29, 0.717) is 6.04 Å². The van der Waals surface area contributed by atoms with Crippen LogP contribution in [0.4, 0.5) is 0 Å². The van der Waals surface area contributed by atoms with Gasteiger partial charge in [0.1, 0.15) is 0 Å². The Balaban J connectivity index is 2.84. The smallest absolute Gasteiger partial charge is 0.00104 e. The minimum absolute atomic E-state index is 0.403. The number of hydrogen-bond acceptors (Lipinski definition) is 1. The summed E-state index contributed by atoms with van der Waals surface area (Å²) in [7, 11) is 0. The Kier molecular flexibility index (Phi) is 10.0. The fourth-order valence-corrected chi connectivity index (χ4v) is 1.60. The summed E-state index contributed by atoms with van der Waals surface area (Å²) >= 11 is 0. The quantitative estimate of drug-likeness (QED) is 0.542. The van der Waals surface area contributed by atoms with E-state index in [1.54, 1.807) is 0 Å². The van der Waals surface area contributed by atoms with Crippen LogP contribution in [0.2, 0.25) is 0 Å². The van der Waals surface area contributed by atoms with Crippen LogP contribution in [0.5, 0.6) is 0 Å². The van der Waals surface area contributed by atoms with Crippen LogP contribution in [0.3, 0.4) is 0 Å². The second kappa shape index (κ2) is 10.0. The van der Waals surface area contributed by atoms with Crippen molar-refractivity contribution in [3.8, 4) is 0 Å². The lowest BCUT2D eigenvalue weighted by molar-refractivity contribution is 0.541. The molecule has 0 aliphatic carbocycles. The Labute approximate surface area is 84.1 Å². The van der Waals surface area contributed by atoms with Crippen LogP contribution < -0.4 is 5.73 Å². The molecule has 1 atom stereocenters. The maximum atomic E-state index is 5.67. The first-order valence-electron chi connectivity index (χ1n) is 6.03. The summed E-state index contributed by atoms with van der Waals surface area (Å²) in [6, 6.07) is 0.403. The van der Waals surface area contributed by atoms with Crippen molar-refractivity contribution in [2.75, 3.05) is 0 Å². The summed E-state index contributed by atoms with van der Waals surface area (Å²) in [5, 5.41) is 0. The van der Waals surface area contributed by atoms with E-state index in [4.69, 9.17) is 5.73 Å². The Morgan fingerprint density at radius 3 is 1.77 bits per heavy atom. The molecule has 80 valence electrons. The molecule has 2 N–H and O–H groups in total. The van der Waals surface area contributed by atoms with Crippen LogP contribution in [0.1, 0.15) is 71.6 Å². The molecule has 0 rings (SSSR count). The Bertz CT molecular complexity index is 89.1. The maximum absolute atomic E-state index is 5.67. The third-order valence-electron chi connectivity index (χ3n) is 2.51. The van der Waals surface area contributed by atoms with E-state index in [2.05, 4.69) is 13.8 Å². The van der Waals surface area contributed by atoms with E-state index in [0.717, 1.165) is 0 Å². The number of hydrogen-bond donors (Lipinski definition) is 1. The van der Waals surface area contributed by atoms with Gasteiger partial charge in [-0.1, -0.05) is 58.3 Å². The Hall–Kier alpha value is -0.0400. The summed E-state index contributed by atoms with van der Waals surface area (Å²) in [6.07, 6.45) is 12.4. The van der Waals surface area contributed by atoms with Gasteiger partial charge in [0.2, 0.25) is 0 Å². The van der Waals surface area contributed by atoms with Gasteiger partial charge in [0.15, 0.2) is 0 Å². The van der Waals surface area contributed by atoms with Crippen LogP contribution >= 0.6 is 0 Å². The number of nitrogens with two attached hydrogens (primary N) is 1. The first-order valence-corrected chi connectivity index (χ1v) is 6.03. The van der Waals surface area contributed by atoms with Crippen molar-refractivity contribution in [3.05, 3.63) is 0 Å². The molecule has 0 fully saturated rings. The van der Waals surface area contributed by atoms with Crippen LogP contribution in [-0.2, 0) is 0 Å². The van der Waals surface area contributed by atoms with E-state index in [1.165, 1.54) is 57.8 Å². The van der Waals surface area contributed by atoms with Crippen LogP contribution in [0.15, 0.2) is 0 Å². The summed E-state index contributed by atoms with van der Waals surface area (Å²) in [5.41, 5.74) is 5.67. The summed E-state index contributed by atoms with van der Waals surface area (Å²) in [5.74, 6) is 0. The molecule has 0 amide bonds. The van der Waals surface area contributed by atoms with Crippen molar-refractivity contribution in [2.45, 2.75) is 77.7 Å². The number of rotatable bonds is 9. The van der Waals surface area contributed by atoms with Gasteiger partial charge in [-0.3, -0.25) is 0 Å². The Morgan fingerprint density at radius 2 is 1.31 bits per heavy atom. The van der Waals surface area contributed by atoms with Gasteiger partial charge < -0.3 is 5.73 Å². The monoisotopic (exact) mass is 185 g/mol. The molecule has 0 aromatic heterocycles. The van der Waals surface area contributed by atoms with Crippen molar-refractivity contribution in [3.63, 3.8) is 0 Å². The minimum Gasteiger partial charge on any atom is -0.328 e. The molecule has 0 saturated carbocycles. The van der Waals surface area contributed by atoms with Crippen molar-refractivity contribution < 1.29 is 0 Å². The average molecular weight is 185 g/mol. The second-order valence-corrected chi connectivity index (χ2v) is 4.24. The molecule has 0 aliphatic heterocycles. The van der Waals surface area contributed by atoms with Crippen molar-refractivity contribution in [1.82, 2.24) is 0 Å². The SMILES string of the molecule is CCCCCCCCCC[C@H](C)N. The molecule has 0 saturated heterocycles. The molecular formula is C12H27N. The lowest BCUT2D eigenvalue weighted by atomic mass is 10.1. The lowest BCUT2D eigenvalue weighted by Gasteiger charge is -2.04. The predicted molar refractivity (Wildman–Crippen MR) is 60.9 cm³/mol. The molecule has 0 aliphatic rings. The van der Waals surface area contributed by atoms with Crippen LogP contribution in [-0.4, -0.2) is 6.04 Å². The van der Waals surface area contributed by atoms with Crippen molar-refractivity contribution in [1.29, 1.82) is 0 Å². The van der Waals surface area contributed by atoms with Gasteiger partial charge in [0.05, 0.1) is 0 Å². The Morgan fingerprint density at radius 1 is 0.846 bits per heavy atom. The highest BCUT2D eigenvalue weighted by molar-refractivity contribution is 4.53. The van der Waals surface area contributed by atoms with E-state index in [9.17, 15) is 0 Å². The van der Waals surface area contributed by atoms with Gasteiger partial charge in [-0.05, 0) is 13.3 Å². The van der Waals surface area contributed by atoms with Gasteiger partial charge in [-0.15, -0.1) is 0 Å². The molecule has 0 aromatic carbocycles. The minimum atomic E-state index is 0.403. The summed E-state index contributed by atoms with van der Waals surface area (Å²) in [6.45, 7) is 4.36. The topological polar surface area (TPSA) is 26.0 Å². The highest BCUT2D eigenvalue weighted by Gasteiger charge is 1.94. The highest BCUT2D eigenvalue weighted by Crippen LogP contribution is 2.09. The molecule has 0 aromatic rings. The second-order valence-electron chi connectivity index (χ2n) is 4.24.